The normalized spacial score (nSPS) is 13.2. The molecule has 1 aromatic heterocycles. The summed E-state index contributed by atoms with van der Waals surface area (Å²) in [6, 6.07) is 8.48. The predicted octanol–water partition coefficient (Wildman–Crippen LogP) is 4.15. The zero-order valence-corrected chi connectivity index (χ0v) is 11.6. The molecule has 1 heterocycles. The molecule has 2 nitrogen and oxygen atoms in total. The standard InChI is InChI=1S/C14H14F3NOS/c1-9-6-7-13(20-9)11(18)8-19-12-5-3-2-4-10(12)14(15,16)17/h2-7,11H,8,18H2,1H3. The first-order valence-electron chi connectivity index (χ1n) is 5.99. The van der Waals surface area contributed by atoms with Gasteiger partial charge in [-0.05, 0) is 31.2 Å². The zero-order valence-electron chi connectivity index (χ0n) is 10.8. The lowest BCUT2D eigenvalue weighted by molar-refractivity contribution is -0.139. The van der Waals surface area contributed by atoms with Gasteiger partial charge in [0.1, 0.15) is 12.4 Å². The van der Waals surface area contributed by atoms with Gasteiger partial charge in [-0.2, -0.15) is 13.2 Å². The molecule has 1 aromatic carbocycles. The van der Waals surface area contributed by atoms with Crippen LogP contribution in [0.15, 0.2) is 36.4 Å². The Bertz CT molecular complexity index is 580. The summed E-state index contributed by atoms with van der Waals surface area (Å²) in [6.07, 6.45) is -4.43. The van der Waals surface area contributed by atoms with E-state index in [0.29, 0.717) is 0 Å². The molecule has 20 heavy (non-hydrogen) atoms. The molecule has 108 valence electrons. The predicted molar refractivity (Wildman–Crippen MR) is 72.9 cm³/mol. The van der Waals surface area contributed by atoms with Crippen LogP contribution in [0.1, 0.15) is 21.4 Å². The number of halogens is 3. The van der Waals surface area contributed by atoms with Crippen LogP contribution in [0.2, 0.25) is 0 Å². The number of ether oxygens (including phenoxy) is 1. The topological polar surface area (TPSA) is 35.2 Å². The van der Waals surface area contributed by atoms with Gasteiger partial charge < -0.3 is 10.5 Å². The quantitative estimate of drug-likeness (QED) is 0.920. The minimum absolute atomic E-state index is 0.00699. The SMILES string of the molecule is Cc1ccc(C(N)COc2ccccc2C(F)(F)F)s1. The molecule has 1 unspecified atom stereocenters. The highest BCUT2D eigenvalue weighted by Gasteiger charge is 2.34. The van der Waals surface area contributed by atoms with E-state index >= 15 is 0 Å². The van der Waals surface area contributed by atoms with Gasteiger partial charge in [0.15, 0.2) is 0 Å². The van der Waals surface area contributed by atoms with Crippen LogP contribution in [0.25, 0.3) is 0 Å². The third kappa shape index (κ3) is 3.52. The van der Waals surface area contributed by atoms with Gasteiger partial charge in [-0.15, -0.1) is 11.3 Å². The number of benzene rings is 1. The van der Waals surface area contributed by atoms with Gasteiger partial charge in [0.2, 0.25) is 0 Å². The number of hydrogen-bond donors (Lipinski definition) is 1. The lowest BCUT2D eigenvalue weighted by Crippen LogP contribution is -2.19. The van der Waals surface area contributed by atoms with Crippen molar-refractivity contribution in [2.75, 3.05) is 6.61 Å². The summed E-state index contributed by atoms with van der Waals surface area (Å²) >= 11 is 1.51. The Hall–Kier alpha value is -1.53. The van der Waals surface area contributed by atoms with Crippen LogP contribution in [0, 0.1) is 6.92 Å². The largest absolute Gasteiger partial charge is 0.491 e. The van der Waals surface area contributed by atoms with Gasteiger partial charge in [-0.25, -0.2) is 0 Å². The number of thiophene rings is 1. The molecule has 0 aliphatic rings. The number of aryl methyl sites for hydroxylation is 1. The number of nitrogens with two attached hydrogens (primary N) is 1. The maximum absolute atomic E-state index is 12.8. The Morgan fingerprint density at radius 2 is 1.90 bits per heavy atom. The first-order valence-corrected chi connectivity index (χ1v) is 6.80. The lowest BCUT2D eigenvalue weighted by atomic mass is 10.2. The lowest BCUT2D eigenvalue weighted by Gasteiger charge is -2.16. The third-order valence-corrected chi connectivity index (χ3v) is 3.87. The van der Waals surface area contributed by atoms with Crippen molar-refractivity contribution < 1.29 is 17.9 Å². The van der Waals surface area contributed by atoms with E-state index in [-0.39, 0.29) is 12.4 Å². The van der Waals surface area contributed by atoms with Gasteiger partial charge >= 0.3 is 6.18 Å². The van der Waals surface area contributed by atoms with E-state index in [2.05, 4.69) is 0 Å². The molecule has 2 N–H and O–H groups in total. The van der Waals surface area contributed by atoms with Gasteiger partial charge in [0, 0.05) is 9.75 Å². The van der Waals surface area contributed by atoms with E-state index in [4.69, 9.17) is 10.5 Å². The van der Waals surface area contributed by atoms with E-state index in [0.717, 1.165) is 15.8 Å². The highest BCUT2D eigenvalue weighted by atomic mass is 32.1. The molecule has 2 rings (SSSR count). The summed E-state index contributed by atoms with van der Waals surface area (Å²) in [5.74, 6) is -0.191. The fourth-order valence-electron chi connectivity index (χ4n) is 1.74. The molecule has 0 bridgehead atoms. The first kappa shape index (κ1) is 14.9. The minimum atomic E-state index is -4.43. The number of alkyl halides is 3. The van der Waals surface area contributed by atoms with Crippen LogP contribution in [-0.2, 0) is 6.18 Å². The highest BCUT2D eigenvalue weighted by molar-refractivity contribution is 7.12. The number of rotatable bonds is 4. The van der Waals surface area contributed by atoms with Crippen LogP contribution < -0.4 is 10.5 Å². The molecule has 0 aliphatic heterocycles. The Labute approximate surface area is 119 Å². The van der Waals surface area contributed by atoms with Crippen LogP contribution in [0.3, 0.4) is 0 Å². The molecular formula is C14H14F3NOS. The summed E-state index contributed by atoms with van der Waals surface area (Å²) in [4.78, 5) is 2.00. The van der Waals surface area contributed by atoms with Crippen molar-refractivity contribution in [2.24, 2.45) is 5.73 Å². The second-order valence-corrected chi connectivity index (χ2v) is 5.68. The summed E-state index contributed by atoms with van der Waals surface area (Å²) in [5.41, 5.74) is 5.14. The van der Waals surface area contributed by atoms with Crippen molar-refractivity contribution in [1.82, 2.24) is 0 Å². The van der Waals surface area contributed by atoms with Crippen molar-refractivity contribution in [3.63, 3.8) is 0 Å². The number of para-hydroxylation sites is 1. The second-order valence-electron chi connectivity index (χ2n) is 4.36. The fourth-order valence-corrected chi connectivity index (χ4v) is 2.60. The fraction of sp³-hybridized carbons (Fsp3) is 0.286. The van der Waals surface area contributed by atoms with Gasteiger partial charge in [-0.3, -0.25) is 0 Å². The Kier molecular flexibility index (Phi) is 4.35. The van der Waals surface area contributed by atoms with Crippen LogP contribution in [0.4, 0.5) is 13.2 Å². The van der Waals surface area contributed by atoms with E-state index in [1.165, 1.54) is 29.5 Å². The van der Waals surface area contributed by atoms with Crippen LogP contribution >= 0.6 is 11.3 Å². The molecule has 6 heteroatoms. The maximum atomic E-state index is 12.8. The molecule has 0 saturated carbocycles. The smallest absolute Gasteiger partial charge is 0.419 e. The number of hydrogen-bond acceptors (Lipinski definition) is 3. The van der Waals surface area contributed by atoms with Crippen molar-refractivity contribution in [1.29, 1.82) is 0 Å². The van der Waals surface area contributed by atoms with Crippen molar-refractivity contribution in [3.8, 4) is 5.75 Å². The summed E-state index contributed by atoms with van der Waals surface area (Å²) in [5, 5.41) is 0. The van der Waals surface area contributed by atoms with Crippen LogP contribution in [-0.4, -0.2) is 6.61 Å². The molecule has 0 radical (unpaired) electrons. The van der Waals surface area contributed by atoms with E-state index in [1.807, 2.05) is 19.1 Å². The molecular weight excluding hydrogens is 287 g/mol. The van der Waals surface area contributed by atoms with Crippen molar-refractivity contribution in [3.05, 3.63) is 51.7 Å². The molecule has 0 fully saturated rings. The summed E-state index contributed by atoms with van der Waals surface area (Å²) in [7, 11) is 0. The average Bonchev–Trinajstić information content (AvgIpc) is 2.82. The molecule has 0 aliphatic carbocycles. The molecule has 0 amide bonds. The Morgan fingerprint density at radius 3 is 2.50 bits per heavy atom. The highest BCUT2D eigenvalue weighted by Crippen LogP contribution is 2.36. The summed E-state index contributed by atoms with van der Waals surface area (Å²) in [6.45, 7) is 1.95. The minimum Gasteiger partial charge on any atom is -0.491 e. The van der Waals surface area contributed by atoms with Gasteiger partial charge in [0.05, 0.1) is 11.6 Å². The zero-order chi connectivity index (χ0) is 14.8. The van der Waals surface area contributed by atoms with Crippen molar-refractivity contribution in [2.45, 2.75) is 19.1 Å². The summed E-state index contributed by atoms with van der Waals surface area (Å²) < 4.78 is 43.6. The van der Waals surface area contributed by atoms with Gasteiger partial charge in [-0.1, -0.05) is 12.1 Å². The molecule has 1 atom stereocenters. The van der Waals surface area contributed by atoms with Crippen molar-refractivity contribution >= 4 is 11.3 Å². The van der Waals surface area contributed by atoms with E-state index in [9.17, 15) is 13.2 Å². The monoisotopic (exact) mass is 301 g/mol. The van der Waals surface area contributed by atoms with E-state index in [1.54, 1.807) is 0 Å². The van der Waals surface area contributed by atoms with Gasteiger partial charge in [0.25, 0.3) is 0 Å². The molecule has 0 saturated heterocycles. The first-order chi connectivity index (χ1) is 9.38. The molecule has 0 spiro atoms. The maximum Gasteiger partial charge on any atom is 0.419 e. The van der Waals surface area contributed by atoms with Crippen LogP contribution in [0.5, 0.6) is 5.75 Å². The van der Waals surface area contributed by atoms with E-state index < -0.39 is 17.8 Å². The average molecular weight is 301 g/mol. The second kappa shape index (κ2) is 5.85. The Morgan fingerprint density at radius 1 is 1.20 bits per heavy atom. The molecule has 2 aromatic rings. The third-order valence-electron chi connectivity index (χ3n) is 2.74. The Balaban J connectivity index is 2.08.